The van der Waals surface area contributed by atoms with Crippen LogP contribution in [0.1, 0.15) is 59.1 Å². The van der Waals surface area contributed by atoms with Crippen LogP contribution in [-0.2, 0) is 45.5 Å². The standard InChI is InChI=1S/C44H52NO8P/c1-45(2,3)32-33-51-54(48,49)52-35-42(53-44(47)19-11-17-39-24-30-41(31-25-39)27-21-37-14-8-5-9-15-37)34-50-43(46)18-10-16-38-22-28-40(29-23-38)26-20-36-12-6-4-7-13-36/h4-9,12-15,20-31,42H,10-11,16-19,32-35H2,1-3H3/b26-20+,27-21+/t42-/m1/s1. The van der Waals surface area contributed by atoms with Gasteiger partial charge in [0.05, 0.1) is 27.7 Å². The largest absolute Gasteiger partial charge is 0.756 e. The van der Waals surface area contributed by atoms with Gasteiger partial charge in [-0.2, -0.15) is 0 Å². The molecule has 10 heteroatoms. The zero-order chi connectivity index (χ0) is 38.7. The molecule has 0 aromatic heterocycles. The lowest BCUT2D eigenvalue weighted by Crippen LogP contribution is -2.37. The molecule has 54 heavy (non-hydrogen) atoms. The van der Waals surface area contributed by atoms with Gasteiger partial charge in [0.2, 0.25) is 0 Å². The Bertz CT molecular complexity index is 1820. The predicted octanol–water partition coefficient (Wildman–Crippen LogP) is 8.04. The van der Waals surface area contributed by atoms with Crippen LogP contribution in [0.5, 0.6) is 0 Å². The molecule has 0 saturated carbocycles. The summed E-state index contributed by atoms with van der Waals surface area (Å²) in [5.41, 5.74) is 6.55. The molecule has 0 N–H and O–H groups in total. The third-order valence-corrected chi connectivity index (χ3v) is 9.31. The summed E-state index contributed by atoms with van der Waals surface area (Å²) in [6, 6.07) is 36.4. The van der Waals surface area contributed by atoms with Crippen LogP contribution in [0.3, 0.4) is 0 Å². The Kier molecular flexibility index (Phi) is 17.1. The molecule has 0 radical (unpaired) electrons. The van der Waals surface area contributed by atoms with Crippen LogP contribution in [-0.4, -0.2) is 70.0 Å². The highest BCUT2D eigenvalue weighted by molar-refractivity contribution is 7.45. The van der Waals surface area contributed by atoms with Crippen molar-refractivity contribution in [3.05, 3.63) is 143 Å². The Balaban J connectivity index is 1.22. The second kappa shape index (κ2) is 21.9. The first-order valence-electron chi connectivity index (χ1n) is 18.3. The first-order chi connectivity index (χ1) is 25.9. The highest BCUT2D eigenvalue weighted by atomic mass is 31.2. The van der Waals surface area contributed by atoms with Gasteiger partial charge in [0, 0.05) is 12.8 Å². The summed E-state index contributed by atoms with van der Waals surface area (Å²) < 4.78 is 33.9. The maximum absolute atomic E-state index is 12.8. The number of ether oxygens (including phenoxy) is 2. The average Bonchev–Trinajstić information content (AvgIpc) is 3.15. The summed E-state index contributed by atoms with van der Waals surface area (Å²) in [4.78, 5) is 37.9. The number of phosphoric acid groups is 1. The van der Waals surface area contributed by atoms with Crippen LogP contribution >= 0.6 is 7.82 Å². The second-order valence-corrected chi connectivity index (χ2v) is 15.5. The maximum atomic E-state index is 12.8. The number of aryl methyl sites for hydroxylation is 2. The Morgan fingerprint density at radius 1 is 0.630 bits per heavy atom. The first-order valence-corrected chi connectivity index (χ1v) is 19.8. The van der Waals surface area contributed by atoms with Gasteiger partial charge in [-0.3, -0.25) is 14.2 Å². The number of hydrogen-bond acceptors (Lipinski definition) is 8. The van der Waals surface area contributed by atoms with Crippen LogP contribution in [0, 0.1) is 0 Å². The van der Waals surface area contributed by atoms with Crippen LogP contribution in [0.4, 0.5) is 0 Å². The van der Waals surface area contributed by atoms with Gasteiger partial charge in [0.25, 0.3) is 7.82 Å². The van der Waals surface area contributed by atoms with Crippen molar-refractivity contribution in [2.24, 2.45) is 0 Å². The third-order valence-electron chi connectivity index (χ3n) is 8.35. The fraction of sp³-hybridized carbons (Fsp3) is 0.318. The van der Waals surface area contributed by atoms with E-state index in [2.05, 4.69) is 18.2 Å². The van der Waals surface area contributed by atoms with Gasteiger partial charge in [0.1, 0.15) is 19.8 Å². The van der Waals surface area contributed by atoms with Gasteiger partial charge in [-0.05, 0) is 59.1 Å². The van der Waals surface area contributed by atoms with E-state index in [1.165, 1.54) is 0 Å². The summed E-state index contributed by atoms with van der Waals surface area (Å²) >= 11 is 0. The number of rotatable bonds is 22. The summed E-state index contributed by atoms with van der Waals surface area (Å²) in [6.07, 6.45) is 9.72. The molecule has 9 nitrogen and oxygen atoms in total. The van der Waals surface area contributed by atoms with E-state index in [0.717, 1.165) is 33.4 Å². The molecule has 1 unspecified atom stereocenters. The lowest BCUT2D eigenvalue weighted by atomic mass is 10.1. The van der Waals surface area contributed by atoms with E-state index in [1.54, 1.807) is 0 Å². The number of phosphoric ester groups is 1. The van der Waals surface area contributed by atoms with E-state index in [4.69, 9.17) is 18.5 Å². The van der Waals surface area contributed by atoms with E-state index in [0.29, 0.717) is 36.7 Å². The van der Waals surface area contributed by atoms with Crippen molar-refractivity contribution in [3.8, 4) is 0 Å². The lowest BCUT2D eigenvalue weighted by Gasteiger charge is -2.28. The van der Waals surface area contributed by atoms with Gasteiger partial charge in [-0.25, -0.2) is 0 Å². The van der Waals surface area contributed by atoms with Crippen molar-refractivity contribution < 1.29 is 42.1 Å². The fourth-order valence-electron chi connectivity index (χ4n) is 5.23. The van der Waals surface area contributed by atoms with Gasteiger partial charge < -0.3 is 27.9 Å². The topological polar surface area (TPSA) is 111 Å². The average molecular weight is 754 g/mol. The zero-order valence-corrected chi connectivity index (χ0v) is 32.4. The predicted molar refractivity (Wildman–Crippen MR) is 213 cm³/mol. The van der Waals surface area contributed by atoms with Gasteiger partial charge >= 0.3 is 11.9 Å². The van der Waals surface area contributed by atoms with E-state index < -0.39 is 32.5 Å². The Morgan fingerprint density at radius 2 is 1.07 bits per heavy atom. The van der Waals surface area contributed by atoms with E-state index in [9.17, 15) is 19.0 Å². The van der Waals surface area contributed by atoms with Crippen LogP contribution in [0.25, 0.3) is 24.3 Å². The molecule has 4 aromatic carbocycles. The number of carbonyl (C=O) groups is 2. The minimum Gasteiger partial charge on any atom is -0.756 e. The van der Waals surface area contributed by atoms with Crippen LogP contribution in [0.15, 0.2) is 109 Å². The van der Waals surface area contributed by atoms with E-state index >= 15 is 0 Å². The van der Waals surface area contributed by atoms with Crippen molar-refractivity contribution in [2.45, 2.75) is 44.6 Å². The number of nitrogens with zero attached hydrogens (tertiary/aromatic N) is 1. The summed E-state index contributed by atoms with van der Waals surface area (Å²) in [5.74, 6) is -1.03. The van der Waals surface area contributed by atoms with Gasteiger partial charge in [-0.15, -0.1) is 0 Å². The summed E-state index contributed by atoms with van der Waals surface area (Å²) in [5, 5.41) is 0. The first kappa shape index (κ1) is 42.1. The molecule has 0 spiro atoms. The van der Waals surface area contributed by atoms with Crippen molar-refractivity contribution in [2.75, 3.05) is 47.5 Å². The molecule has 4 rings (SSSR count). The van der Waals surface area contributed by atoms with Gasteiger partial charge in [-0.1, -0.05) is 133 Å². The number of quaternary nitrogens is 1. The molecule has 4 aromatic rings. The summed E-state index contributed by atoms with van der Waals surface area (Å²) in [7, 11) is 1.03. The van der Waals surface area contributed by atoms with Crippen molar-refractivity contribution in [1.82, 2.24) is 0 Å². The second-order valence-electron chi connectivity index (χ2n) is 14.1. The third kappa shape index (κ3) is 17.5. The van der Waals surface area contributed by atoms with Gasteiger partial charge in [0.15, 0.2) is 6.10 Å². The number of hydrogen-bond donors (Lipinski definition) is 0. The van der Waals surface area contributed by atoms with Crippen molar-refractivity contribution in [3.63, 3.8) is 0 Å². The Labute approximate surface area is 320 Å². The quantitative estimate of drug-likeness (QED) is 0.0344. The van der Waals surface area contributed by atoms with Crippen LogP contribution in [0.2, 0.25) is 0 Å². The monoisotopic (exact) mass is 753 g/mol. The fourth-order valence-corrected chi connectivity index (χ4v) is 5.96. The molecule has 0 aliphatic rings. The molecule has 0 amide bonds. The summed E-state index contributed by atoms with van der Waals surface area (Å²) in [6.45, 7) is -0.508. The van der Waals surface area contributed by atoms with Crippen molar-refractivity contribution in [1.29, 1.82) is 0 Å². The highest BCUT2D eigenvalue weighted by Crippen LogP contribution is 2.38. The molecule has 0 heterocycles. The zero-order valence-electron chi connectivity index (χ0n) is 31.5. The molecule has 0 aliphatic carbocycles. The lowest BCUT2D eigenvalue weighted by molar-refractivity contribution is -0.870. The maximum Gasteiger partial charge on any atom is 0.306 e. The molecule has 0 aliphatic heterocycles. The SMILES string of the molecule is C[N+](C)(C)CCOP(=O)([O-])OC[C@@H](COC(=O)CCCc1ccc(/C=C/c2ccccc2)cc1)OC(=O)CCCc1ccc(/C=C/c2ccccc2)cc1. The minimum atomic E-state index is -4.69. The molecular weight excluding hydrogens is 701 g/mol. The molecular formula is C44H52NO8P. The van der Waals surface area contributed by atoms with Crippen LogP contribution < -0.4 is 4.89 Å². The Hall–Kier alpha value is -4.63. The van der Waals surface area contributed by atoms with E-state index in [1.807, 2.05) is 136 Å². The minimum absolute atomic E-state index is 0.0683. The molecule has 0 saturated heterocycles. The number of carbonyl (C=O) groups excluding carboxylic acids is 2. The number of likely N-dealkylation sites (N-methyl/N-ethyl adjacent to an activating group) is 1. The number of esters is 2. The molecule has 2 atom stereocenters. The number of benzene rings is 4. The normalized spacial score (nSPS) is 13.5. The Morgan fingerprint density at radius 3 is 1.54 bits per heavy atom. The smallest absolute Gasteiger partial charge is 0.306 e. The van der Waals surface area contributed by atoms with E-state index in [-0.39, 0.29) is 26.1 Å². The highest BCUT2D eigenvalue weighted by Gasteiger charge is 2.22. The molecule has 0 fully saturated rings. The molecule has 0 bridgehead atoms. The van der Waals surface area contributed by atoms with Crippen molar-refractivity contribution >= 4 is 44.1 Å². The molecule has 286 valence electrons.